The Morgan fingerprint density at radius 3 is 2.62 bits per heavy atom. The van der Waals surface area contributed by atoms with Gasteiger partial charge in [0.05, 0.1) is 12.1 Å². The highest BCUT2D eigenvalue weighted by atomic mass is 35.5. The Morgan fingerprint density at radius 2 is 2.05 bits per heavy atom. The second kappa shape index (κ2) is 6.89. The largest absolute Gasteiger partial charge is 0.496 e. The molecule has 0 fully saturated rings. The lowest BCUT2D eigenvalue weighted by Gasteiger charge is -2.18. The highest BCUT2D eigenvalue weighted by Gasteiger charge is 2.13. The number of hydrogen-bond donors (Lipinski definition) is 2. The molecular formula is C16H18ClFN2O. The van der Waals surface area contributed by atoms with Gasteiger partial charge in [-0.2, -0.15) is 0 Å². The standard InChI is InChI=1S/C16H18ClFN2O/c1-10-7-12(4-6-16(10)21-2)15(20-19)9-11-3-5-14(18)13(17)8-11/h3-8,15,20H,9,19H2,1-2H3. The van der Waals surface area contributed by atoms with Crippen molar-refractivity contribution < 1.29 is 9.13 Å². The van der Waals surface area contributed by atoms with Crippen molar-refractivity contribution in [2.24, 2.45) is 5.84 Å². The highest BCUT2D eigenvalue weighted by molar-refractivity contribution is 6.30. The van der Waals surface area contributed by atoms with Crippen molar-refractivity contribution in [2.75, 3.05) is 7.11 Å². The van der Waals surface area contributed by atoms with Crippen LogP contribution in [0.4, 0.5) is 4.39 Å². The van der Waals surface area contributed by atoms with Gasteiger partial charge in [0.1, 0.15) is 11.6 Å². The van der Waals surface area contributed by atoms with Crippen LogP contribution >= 0.6 is 11.6 Å². The van der Waals surface area contributed by atoms with Crippen LogP contribution in [0.5, 0.6) is 5.75 Å². The quantitative estimate of drug-likeness (QED) is 0.656. The Morgan fingerprint density at radius 1 is 1.29 bits per heavy atom. The van der Waals surface area contributed by atoms with Crippen molar-refractivity contribution in [3.05, 3.63) is 63.9 Å². The molecule has 0 amide bonds. The lowest BCUT2D eigenvalue weighted by Crippen LogP contribution is -2.29. The first-order valence-corrected chi connectivity index (χ1v) is 6.97. The second-order valence-corrected chi connectivity index (χ2v) is 5.31. The maximum atomic E-state index is 13.2. The molecule has 3 N–H and O–H groups in total. The van der Waals surface area contributed by atoms with Crippen LogP contribution in [0.3, 0.4) is 0 Å². The molecule has 3 nitrogen and oxygen atoms in total. The monoisotopic (exact) mass is 308 g/mol. The topological polar surface area (TPSA) is 47.3 Å². The number of rotatable bonds is 5. The number of hydrogen-bond acceptors (Lipinski definition) is 3. The first kappa shape index (κ1) is 15.8. The maximum Gasteiger partial charge on any atom is 0.141 e. The van der Waals surface area contributed by atoms with E-state index in [4.69, 9.17) is 22.2 Å². The third-order valence-electron chi connectivity index (χ3n) is 3.45. The number of hydrazine groups is 1. The van der Waals surface area contributed by atoms with Crippen LogP contribution in [0.25, 0.3) is 0 Å². The third-order valence-corrected chi connectivity index (χ3v) is 3.74. The fourth-order valence-corrected chi connectivity index (χ4v) is 2.50. The molecule has 5 heteroatoms. The van der Waals surface area contributed by atoms with Gasteiger partial charge in [-0.1, -0.05) is 29.8 Å². The molecule has 2 aromatic carbocycles. The number of nitrogens with two attached hydrogens (primary N) is 1. The van der Waals surface area contributed by atoms with Gasteiger partial charge in [-0.25, -0.2) is 4.39 Å². The summed E-state index contributed by atoms with van der Waals surface area (Å²) in [5.41, 5.74) is 5.78. The van der Waals surface area contributed by atoms with Crippen molar-refractivity contribution in [3.63, 3.8) is 0 Å². The van der Waals surface area contributed by atoms with E-state index in [1.54, 1.807) is 19.2 Å². The van der Waals surface area contributed by atoms with Gasteiger partial charge >= 0.3 is 0 Å². The zero-order chi connectivity index (χ0) is 15.4. The second-order valence-electron chi connectivity index (χ2n) is 4.90. The molecule has 0 bridgehead atoms. The average Bonchev–Trinajstić information content (AvgIpc) is 2.48. The Labute approximate surface area is 128 Å². The summed E-state index contributed by atoms with van der Waals surface area (Å²) in [7, 11) is 1.64. The SMILES string of the molecule is COc1ccc(C(Cc2ccc(F)c(Cl)c2)NN)cc1C. The van der Waals surface area contributed by atoms with Gasteiger partial charge in [0, 0.05) is 6.04 Å². The molecule has 0 aromatic heterocycles. The minimum atomic E-state index is -0.419. The van der Waals surface area contributed by atoms with Crippen LogP contribution < -0.4 is 16.0 Å². The van der Waals surface area contributed by atoms with Crippen molar-refractivity contribution in [1.29, 1.82) is 0 Å². The fraction of sp³-hybridized carbons (Fsp3) is 0.250. The Hall–Kier alpha value is -1.62. The van der Waals surface area contributed by atoms with E-state index < -0.39 is 5.82 Å². The van der Waals surface area contributed by atoms with Crippen LogP contribution in [0.1, 0.15) is 22.7 Å². The minimum absolute atomic E-state index is 0.0869. The Balaban J connectivity index is 2.23. The number of ether oxygens (including phenoxy) is 1. The molecule has 112 valence electrons. The average molecular weight is 309 g/mol. The van der Waals surface area contributed by atoms with Gasteiger partial charge in [0.25, 0.3) is 0 Å². The molecule has 0 radical (unpaired) electrons. The number of methoxy groups -OCH3 is 1. The summed E-state index contributed by atoms with van der Waals surface area (Å²) in [6, 6.07) is 10.5. The molecule has 0 aliphatic rings. The van der Waals surface area contributed by atoms with E-state index in [0.717, 1.165) is 22.4 Å². The van der Waals surface area contributed by atoms with E-state index in [2.05, 4.69) is 5.43 Å². The van der Waals surface area contributed by atoms with E-state index >= 15 is 0 Å². The summed E-state index contributed by atoms with van der Waals surface area (Å²) >= 11 is 5.81. The smallest absolute Gasteiger partial charge is 0.141 e. The summed E-state index contributed by atoms with van der Waals surface area (Å²) in [6.45, 7) is 1.98. The van der Waals surface area contributed by atoms with Gasteiger partial charge in [-0.3, -0.25) is 11.3 Å². The molecule has 1 unspecified atom stereocenters. The maximum absolute atomic E-state index is 13.2. The zero-order valence-electron chi connectivity index (χ0n) is 12.0. The molecule has 0 spiro atoms. The van der Waals surface area contributed by atoms with Crippen LogP contribution in [0, 0.1) is 12.7 Å². The minimum Gasteiger partial charge on any atom is -0.496 e. The van der Waals surface area contributed by atoms with Crippen molar-refractivity contribution >= 4 is 11.6 Å². The van der Waals surface area contributed by atoms with E-state index in [-0.39, 0.29) is 11.1 Å². The molecule has 21 heavy (non-hydrogen) atoms. The first-order valence-electron chi connectivity index (χ1n) is 6.59. The van der Waals surface area contributed by atoms with E-state index in [1.165, 1.54) is 6.07 Å². The summed E-state index contributed by atoms with van der Waals surface area (Å²) in [5, 5.41) is 0.120. The van der Waals surface area contributed by atoms with Crippen molar-refractivity contribution in [3.8, 4) is 5.75 Å². The molecule has 0 aliphatic heterocycles. The lowest BCUT2D eigenvalue weighted by atomic mass is 9.97. The summed E-state index contributed by atoms with van der Waals surface area (Å²) < 4.78 is 18.4. The van der Waals surface area contributed by atoms with Crippen LogP contribution in [0.2, 0.25) is 5.02 Å². The molecule has 1 atom stereocenters. The van der Waals surface area contributed by atoms with Gasteiger partial charge in [0.15, 0.2) is 0 Å². The van der Waals surface area contributed by atoms with Gasteiger partial charge < -0.3 is 4.74 Å². The highest BCUT2D eigenvalue weighted by Crippen LogP contribution is 2.25. The molecule has 0 saturated carbocycles. The number of halogens is 2. The Kier molecular flexibility index (Phi) is 5.17. The van der Waals surface area contributed by atoms with Gasteiger partial charge in [0.2, 0.25) is 0 Å². The molecule has 0 heterocycles. The lowest BCUT2D eigenvalue weighted by molar-refractivity contribution is 0.411. The number of aryl methyl sites for hydroxylation is 1. The van der Waals surface area contributed by atoms with E-state index in [0.29, 0.717) is 6.42 Å². The Bertz CT molecular complexity index is 634. The predicted molar refractivity (Wildman–Crippen MR) is 82.9 cm³/mol. The van der Waals surface area contributed by atoms with E-state index in [1.807, 2.05) is 25.1 Å². The normalized spacial score (nSPS) is 12.2. The van der Waals surface area contributed by atoms with Crippen LogP contribution in [0.15, 0.2) is 36.4 Å². The summed E-state index contributed by atoms with van der Waals surface area (Å²) in [6.07, 6.45) is 0.613. The van der Waals surface area contributed by atoms with E-state index in [9.17, 15) is 4.39 Å². The summed E-state index contributed by atoms with van der Waals surface area (Å²) in [5.74, 6) is 6.07. The van der Waals surface area contributed by atoms with Gasteiger partial charge in [-0.05, 0) is 48.2 Å². The van der Waals surface area contributed by atoms with Gasteiger partial charge in [-0.15, -0.1) is 0 Å². The first-order chi connectivity index (χ1) is 10.0. The molecule has 2 rings (SSSR count). The predicted octanol–water partition coefficient (Wildman–Crippen LogP) is 3.54. The van der Waals surface area contributed by atoms with Crippen molar-refractivity contribution in [2.45, 2.75) is 19.4 Å². The van der Waals surface area contributed by atoms with Crippen LogP contribution in [-0.4, -0.2) is 7.11 Å². The molecule has 0 saturated heterocycles. The molecular weight excluding hydrogens is 291 g/mol. The number of benzene rings is 2. The third kappa shape index (κ3) is 3.73. The van der Waals surface area contributed by atoms with Crippen molar-refractivity contribution in [1.82, 2.24) is 5.43 Å². The zero-order valence-corrected chi connectivity index (χ0v) is 12.7. The number of nitrogens with one attached hydrogen (secondary N) is 1. The molecule has 0 aliphatic carbocycles. The summed E-state index contributed by atoms with van der Waals surface area (Å²) in [4.78, 5) is 0. The molecule has 2 aromatic rings. The van der Waals surface area contributed by atoms with Crippen LogP contribution in [-0.2, 0) is 6.42 Å². The fourth-order valence-electron chi connectivity index (χ4n) is 2.29.